The van der Waals surface area contributed by atoms with Crippen molar-refractivity contribution in [1.29, 1.82) is 0 Å². The van der Waals surface area contributed by atoms with Gasteiger partial charge in [0, 0.05) is 19.4 Å². The van der Waals surface area contributed by atoms with Crippen LogP contribution in [-0.4, -0.2) is 49.3 Å². The number of carbonyl (C=O) groups excluding carboxylic acids is 2. The molecule has 0 aliphatic rings. The number of nitrogens with two attached hydrogens (primary N) is 1. The summed E-state index contributed by atoms with van der Waals surface area (Å²) < 4.78 is 32.9. The molecule has 0 fully saturated rings. The van der Waals surface area contributed by atoms with Gasteiger partial charge in [-0.3, -0.25) is 18.6 Å². The molecule has 3 N–H and O–H groups in total. The summed E-state index contributed by atoms with van der Waals surface area (Å²) in [5, 5.41) is 0. The van der Waals surface area contributed by atoms with E-state index in [2.05, 4.69) is 178 Å². The molecule has 2 atom stereocenters. The first-order valence-electron chi connectivity index (χ1n) is 27.6. The zero-order valence-electron chi connectivity index (χ0n) is 45.3. The third-order valence-electron chi connectivity index (χ3n) is 10.6. The fourth-order valence-electron chi connectivity index (χ4n) is 6.60. The molecule has 0 aromatic carbocycles. The molecule has 2 unspecified atom stereocenters. The van der Waals surface area contributed by atoms with Crippen molar-refractivity contribution in [3.63, 3.8) is 0 Å². The number of hydrogen-bond donors (Lipinski definition) is 2. The van der Waals surface area contributed by atoms with Crippen molar-refractivity contribution in [2.75, 3.05) is 26.4 Å². The smallest absolute Gasteiger partial charge is 0.462 e. The Bertz CT molecular complexity index is 1790. The Balaban J connectivity index is 4.21. The highest BCUT2D eigenvalue weighted by molar-refractivity contribution is 7.47. The molecule has 73 heavy (non-hydrogen) atoms. The lowest BCUT2D eigenvalue weighted by molar-refractivity contribution is -0.161. The molecule has 0 radical (unpaired) electrons. The summed E-state index contributed by atoms with van der Waals surface area (Å²) in [5.41, 5.74) is 5.37. The van der Waals surface area contributed by atoms with Crippen molar-refractivity contribution < 1.29 is 37.6 Å². The molecule has 0 spiro atoms. The van der Waals surface area contributed by atoms with Gasteiger partial charge in [-0.1, -0.05) is 216 Å². The van der Waals surface area contributed by atoms with Crippen molar-refractivity contribution >= 4 is 19.8 Å². The van der Waals surface area contributed by atoms with Gasteiger partial charge in [-0.2, -0.15) is 0 Å². The first-order valence-corrected chi connectivity index (χ1v) is 29.1. The first kappa shape index (κ1) is 68.4. The minimum atomic E-state index is -4.42. The van der Waals surface area contributed by atoms with Gasteiger partial charge in [-0.15, -0.1) is 0 Å². The molecule has 0 saturated carbocycles. The van der Waals surface area contributed by atoms with E-state index in [-0.39, 0.29) is 32.6 Å². The minimum absolute atomic E-state index is 0.0319. The van der Waals surface area contributed by atoms with Crippen LogP contribution in [0.15, 0.2) is 170 Å². The molecule has 0 amide bonds. The number of ether oxygens (including phenoxy) is 2. The van der Waals surface area contributed by atoms with Crippen LogP contribution in [0.4, 0.5) is 0 Å². The fraction of sp³-hybridized carbons (Fsp3) is 0.524. The van der Waals surface area contributed by atoms with Gasteiger partial charge >= 0.3 is 19.8 Å². The molecule has 408 valence electrons. The van der Waals surface area contributed by atoms with Gasteiger partial charge in [0.25, 0.3) is 0 Å². The van der Waals surface area contributed by atoms with Gasteiger partial charge in [0.05, 0.1) is 13.2 Å². The van der Waals surface area contributed by atoms with Crippen molar-refractivity contribution in [2.24, 2.45) is 5.73 Å². The molecule has 0 aliphatic heterocycles. The van der Waals surface area contributed by atoms with E-state index >= 15 is 0 Å². The van der Waals surface area contributed by atoms with Gasteiger partial charge in [0.15, 0.2) is 6.10 Å². The van der Waals surface area contributed by atoms with Crippen LogP contribution in [-0.2, 0) is 32.7 Å². The number of phosphoric acid groups is 1. The van der Waals surface area contributed by atoms with Crippen LogP contribution in [0.2, 0.25) is 0 Å². The summed E-state index contributed by atoms with van der Waals surface area (Å²) in [5.74, 6) is -0.928. The standard InChI is InChI=1S/C63H98NO8P/c1-3-5-7-9-11-13-15-17-19-21-23-25-27-28-29-30-31-32-34-36-38-40-42-44-46-48-50-52-54-56-63(66)72-61(60-71-73(67,68)70-58-57-64)59-69-62(65)55-53-51-49-47-45-43-41-39-37-35-33-26-24-22-20-18-16-14-12-10-8-6-4-2/h5-8,11-14,17-20,23-26,28-29,31-32,35-38,42,44,48,50,61H,3-4,9-10,15-16,21-22,27,30,33-34,39-41,43,45-47,49,51-60,64H2,1-2H3,(H,67,68)/b7-5-,8-6-,13-11-,14-12-,19-17-,20-18-,25-23-,26-24-,29-28-,32-31-,37-35-,38-36-,44-42-,50-48-. The van der Waals surface area contributed by atoms with Crippen LogP contribution in [0.25, 0.3) is 0 Å². The predicted octanol–water partition coefficient (Wildman–Crippen LogP) is 17.5. The van der Waals surface area contributed by atoms with Crippen LogP contribution >= 0.6 is 7.82 Å². The summed E-state index contributed by atoms with van der Waals surface area (Å²) in [6, 6.07) is 0. The average Bonchev–Trinajstić information content (AvgIpc) is 3.38. The molecule has 9 nitrogen and oxygen atoms in total. The Hall–Kier alpha value is -4.63. The van der Waals surface area contributed by atoms with E-state index < -0.39 is 32.5 Å². The zero-order chi connectivity index (χ0) is 53.1. The van der Waals surface area contributed by atoms with E-state index in [9.17, 15) is 19.0 Å². The van der Waals surface area contributed by atoms with Crippen LogP contribution in [0.1, 0.15) is 181 Å². The molecule has 0 bridgehead atoms. The summed E-state index contributed by atoms with van der Waals surface area (Å²) in [6.07, 6.45) is 84.0. The minimum Gasteiger partial charge on any atom is -0.462 e. The van der Waals surface area contributed by atoms with E-state index in [1.54, 1.807) is 0 Å². The third-order valence-corrected chi connectivity index (χ3v) is 11.6. The highest BCUT2D eigenvalue weighted by Crippen LogP contribution is 2.43. The van der Waals surface area contributed by atoms with Gasteiger partial charge in [-0.05, 0) is 122 Å². The second kappa shape index (κ2) is 56.7. The SMILES string of the molecule is CC/C=C\C/C=C\C/C=C\C/C=C\C/C=C\C/C=C\C/C=C\C/C=C\C/C=C\CCCC(=O)OC(COC(=O)CCCCCCCCC/C=C\C/C=C\C/C=C\C/C=C\C/C=C\CC)COP(=O)(O)OCCN. The maximum Gasteiger partial charge on any atom is 0.472 e. The number of rotatable bonds is 49. The molecule has 0 rings (SSSR count). The first-order chi connectivity index (χ1) is 35.8. The van der Waals surface area contributed by atoms with Gasteiger partial charge in [0.1, 0.15) is 6.61 Å². The van der Waals surface area contributed by atoms with Crippen molar-refractivity contribution in [1.82, 2.24) is 0 Å². The van der Waals surface area contributed by atoms with Crippen LogP contribution in [0.5, 0.6) is 0 Å². The Morgan fingerprint density at radius 1 is 0.411 bits per heavy atom. The Labute approximate surface area is 444 Å². The molecule has 0 aromatic heterocycles. The quantitative estimate of drug-likeness (QED) is 0.0264. The van der Waals surface area contributed by atoms with Gasteiger partial charge in [0.2, 0.25) is 0 Å². The zero-order valence-corrected chi connectivity index (χ0v) is 46.2. The highest BCUT2D eigenvalue weighted by Gasteiger charge is 2.26. The largest absolute Gasteiger partial charge is 0.472 e. The summed E-state index contributed by atoms with van der Waals surface area (Å²) >= 11 is 0. The maximum atomic E-state index is 12.7. The van der Waals surface area contributed by atoms with Crippen molar-refractivity contribution in [3.05, 3.63) is 170 Å². The van der Waals surface area contributed by atoms with E-state index in [4.69, 9.17) is 24.3 Å². The van der Waals surface area contributed by atoms with Crippen LogP contribution < -0.4 is 5.73 Å². The van der Waals surface area contributed by atoms with E-state index in [0.717, 1.165) is 116 Å². The number of hydrogen-bond acceptors (Lipinski definition) is 8. The second-order valence-electron chi connectivity index (χ2n) is 17.3. The number of unbranched alkanes of at least 4 members (excludes halogenated alkanes) is 8. The highest BCUT2D eigenvalue weighted by atomic mass is 31.2. The van der Waals surface area contributed by atoms with Crippen molar-refractivity contribution in [2.45, 2.75) is 187 Å². The number of carbonyl (C=O) groups is 2. The number of allylic oxidation sites excluding steroid dienone is 28. The van der Waals surface area contributed by atoms with Gasteiger partial charge in [-0.25, -0.2) is 4.57 Å². The Morgan fingerprint density at radius 2 is 0.726 bits per heavy atom. The lowest BCUT2D eigenvalue weighted by Gasteiger charge is -2.19. The summed E-state index contributed by atoms with van der Waals surface area (Å²) in [7, 11) is -4.42. The maximum absolute atomic E-state index is 12.7. The molecule has 0 aliphatic carbocycles. The van der Waals surface area contributed by atoms with Crippen LogP contribution in [0.3, 0.4) is 0 Å². The molecular formula is C63H98NO8P. The number of esters is 2. The van der Waals surface area contributed by atoms with E-state index in [0.29, 0.717) is 19.3 Å². The second-order valence-corrected chi connectivity index (χ2v) is 18.8. The van der Waals surface area contributed by atoms with Gasteiger partial charge < -0.3 is 20.1 Å². The lowest BCUT2D eigenvalue weighted by Crippen LogP contribution is -2.29. The Morgan fingerprint density at radius 3 is 1.10 bits per heavy atom. The molecule has 0 heterocycles. The fourth-order valence-corrected chi connectivity index (χ4v) is 7.37. The molecule has 0 saturated heterocycles. The Kier molecular flexibility index (Phi) is 53.1. The molecule has 0 aromatic rings. The number of phosphoric ester groups is 1. The molecular weight excluding hydrogens is 930 g/mol. The average molecular weight is 1030 g/mol. The third kappa shape index (κ3) is 56.5. The monoisotopic (exact) mass is 1030 g/mol. The normalized spacial score (nSPS) is 14.4. The molecule has 10 heteroatoms. The van der Waals surface area contributed by atoms with Crippen molar-refractivity contribution in [3.8, 4) is 0 Å². The van der Waals surface area contributed by atoms with E-state index in [1.807, 2.05) is 6.08 Å². The predicted molar refractivity (Wildman–Crippen MR) is 311 cm³/mol. The summed E-state index contributed by atoms with van der Waals surface area (Å²) in [6.45, 7) is 3.40. The topological polar surface area (TPSA) is 134 Å². The van der Waals surface area contributed by atoms with Crippen LogP contribution in [0, 0.1) is 0 Å². The summed E-state index contributed by atoms with van der Waals surface area (Å²) in [4.78, 5) is 35.1. The van der Waals surface area contributed by atoms with E-state index in [1.165, 1.54) is 19.3 Å². The lowest BCUT2D eigenvalue weighted by atomic mass is 10.1.